The predicted molar refractivity (Wildman–Crippen MR) is 144 cm³/mol. The molecule has 1 aromatic carbocycles. The molecule has 2 unspecified atom stereocenters. The third-order valence-corrected chi connectivity index (χ3v) is 7.95. The highest BCUT2D eigenvalue weighted by Gasteiger charge is 2.41. The molecule has 0 aliphatic carbocycles. The number of carbonyl (C=O) groups excluding carboxylic acids is 2. The van der Waals surface area contributed by atoms with E-state index in [0.717, 1.165) is 43.2 Å². The van der Waals surface area contributed by atoms with Crippen molar-refractivity contribution in [1.29, 1.82) is 0 Å². The quantitative estimate of drug-likeness (QED) is 0.236. The van der Waals surface area contributed by atoms with Crippen molar-refractivity contribution < 1.29 is 14.7 Å². The molecule has 194 valence electrons. The molecule has 2 amide bonds. The summed E-state index contributed by atoms with van der Waals surface area (Å²) in [5.41, 5.74) is 6.63. The fourth-order valence-corrected chi connectivity index (χ4v) is 5.51. The summed E-state index contributed by atoms with van der Waals surface area (Å²) in [4.78, 5) is 28.0. The van der Waals surface area contributed by atoms with Gasteiger partial charge in [-0.1, -0.05) is 78.1 Å². The van der Waals surface area contributed by atoms with Gasteiger partial charge in [-0.05, 0) is 74.8 Å². The summed E-state index contributed by atoms with van der Waals surface area (Å²) in [6, 6.07) is 0. The van der Waals surface area contributed by atoms with Gasteiger partial charge in [0.15, 0.2) is 0 Å². The highest BCUT2D eigenvalue weighted by atomic mass is 16.2. The van der Waals surface area contributed by atoms with Crippen LogP contribution in [0, 0.1) is 46.5 Å². The Morgan fingerprint density at radius 1 is 0.735 bits per heavy atom. The molecular weight excluding hydrogens is 422 g/mol. The maximum absolute atomic E-state index is 13.4. The Balaban J connectivity index is 0.00000281. The molecule has 2 rings (SSSR count). The van der Waals surface area contributed by atoms with Crippen LogP contribution >= 0.6 is 0 Å². The van der Waals surface area contributed by atoms with Crippen molar-refractivity contribution in [3.8, 4) is 0 Å². The molecule has 0 aromatic heterocycles. The molecular formula is C30H51NO3. The van der Waals surface area contributed by atoms with Gasteiger partial charge >= 0.3 is 0 Å². The standard InChI is InChI=1S/C29H47NO2.CH4O/c1-8-10-11-12-13-14-15-17-25(16-9-2)18-26-19-27(31)30(29(26)32)28-23(6)21(4)20(3)22(5)24(28)7;1-2/h25-26H,8-19H2,1-7H3;2H,1H3. The smallest absolute Gasteiger partial charge is 0.237 e. The maximum Gasteiger partial charge on any atom is 0.237 e. The Hall–Kier alpha value is -1.68. The minimum atomic E-state index is -0.149. The molecule has 1 saturated heterocycles. The van der Waals surface area contributed by atoms with Crippen LogP contribution in [0.25, 0.3) is 0 Å². The van der Waals surface area contributed by atoms with Crippen molar-refractivity contribution in [2.45, 2.75) is 126 Å². The minimum Gasteiger partial charge on any atom is -0.400 e. The highest BCUT2D eigenvalue weighted by Crippen LogP contribution is 2.39. The number of hydrogen-bond donors (Lipinski definition) is 1. The second-order valence-corrected chi connectivity index (χ2v) is 10.2. The maximum atomic E-state index is 13.4. The molecule has 1 aromatic rings. The van der Waals surface area contributed by atoms with Crippen LogP contribution in [0.3, 0.4) is 0 Å². The largest absolute Gasteiger partial charge is 0.400 e. The van der Waals surface area contributed by atoms with Crippen LogP contribution in [0.2, 0.25) is 0 Å². The number of aliphatic hydroxyl groups excluding tert-OH is 1. The third-order valence-electron chi connectivity index (χ3n) is 7.95. The normalized spacial score (nSPS) is 16.6. The Kier molecular flexibility index (Phi) is 13.7. The first kappa shape index (κ1) is 30.4. The predicted octanol–water partition coefficient (Wildman–Crippen LogP) is 7.66. The van der Waals surface area contributed by atoms with Crippen LogP contribution in [0.5, 0.6) is 0 Å². The summed E-state index contributed by atoms with van der Waals surface area (Å²) in [6.07, 6.45) is 14.0. The summed E-state index contributed by atoms with van der Waals surface area (Å²) >= 11 is 0. The molecule has 0 radical (unpaired) electrons. The van der Waals surface area contributed by atoms with Gasteiger partial charge in [-0.3, -0.25) is 9.59 Å². The SMILES string of the molecule is CCCCCCCCCC(CCC)CC1CC(=O)N(c2c(C)c(C)c(C)c(C)c2C)C1=O.CO. The molecule has 4 nitrogen and oxygen atoms in total. The topological polar surface area (TPSA) is 57.6 Å². The molecule has 1 fully saturated rings. The average Bonchev–Trinajstić information content (AvgIpc) is 3.10. The molecule has 1 aliphatic heterocycles. The second kappa shape index (κ2) is 15.3. The number of benzene rings is 1. The second-order valence-electron chi connectivity index (χ2n) is 10.2. The Morgan fingerprint density at radius 2 is 1.24 bits per heavy atom. The van der Waals surface area contributed by atoms with Gasteiger partial charge in [0.1, 0.15) is 0 Å². The average molecular weight is 474 g/mol. The Labute approximate surface area is 209 Å². The van der Waals surface area contributed by atoms with E-state index in [1.165, 1.54) is 73.0 Å². The summed E-state index contributed by atoms with van der Waals surface area (Å²) in [5.74, 6) is 0.426. The number of hydrogen-bond acceptors (Lipinski definition) is 3. The first-order valence-corrected chi connectivity index (χ1v) is 13.6. The molecule has 2 atom stereocenters. The van der Waals surface area contributed by atoms with E-state index < -0.39 is 0 Å². The third kappa shape index (κ3) is 7.66. The summed E-state index contributed by atoms with van der Waals surface area (Å²) < 4.78 is 0. The fraction of sp³-hybridized carbons (Fsp3) is 0.733. The van der Waals surface area contributed by atoms with Crippen molar-refractivity contribution in [3.63, 3.8) is 0 Å². The monoisotopic (exact) mass is 473 g/mol. The first-order chi connectivity index (χ1) is 16.2. The zero-order valence-electron chi connectivity index (χ0n) is 23.4. The van der Waals surface area contributed by atoms with Crippen LogP contribution in [0.15, 0.2) is 0 Å². The van der Waals surface area contributed by atoms with Crippen molar-refractivity contribution in [2.24, 2.45) is 11.8 Å². The van der Waals surface area contributed by atoms with E-state index in [1.54, 1.807) is 0 Å². The van der Waals surface area contributed by atoms with E-state index in [-0.39, 0.29) is 17.7 Å². The lowest BCUT2D eigenvalue weighted by atomic mass is 9.86. The van der Waals surface area contributed by atoms with E-state index >= 15 is 0 Å². The molecule has 0 saturated carbocycles. The number of imide groups is 1. The lowest BCUT2D eigenvalue weighted by molar-refractivity contribution is -0.122. The molecule has 0 bridgehead atoms. The fourth-order valence-electron chi connectivity index (χ4n) is 5.51. The van der Waals surface area contributed by atoms with E-state index in [4.69, 9.17) is 5.11 Å². The van der Waals surface area contributed by atoms with Gasteiger partial charge in [0.25, 0.3) is 0 Å². The lowest BCUT2D eigenvalue weighted by Crippen LogP contribution is -2.32. The van der Waals surface area contributed by atoms with E-state index in [2.05, 4.69) is 48.5 Å². The Bertz CT molecular complexity index is 770. The zero-order chi connectivity index (χ0) is 25.8. The van der Waals surface area contributed by atoms with Crippen molar-refractivity contribution >= 4 is 17.5 Å². The van der Waals surface area contributed by atoms with Gasteiger partial charge in [-0.25, -0.2) is 4.90 Å². The highest BCUT2D eigenvalue weighted by molar-refractivity contribution is 6.21. The van der Waals surface area contributed by atoms with E-state index in [0.29, 0.717) is 12.3 Å². The number of nitrogens with zero attached hydrogens (tertiary/aromatic N) is 1. The molecule has 0 spiro atoms. The number of rotatable bonds is 13. The Morgan fingerprint density at radius 3 is 1.76 bits per heavy atom. The van der Waals surface area contributed by atoms with Crippen molar-refractivity contribution in [2.75, 3.05) is 12.0 Å². The lowest BCUT2D eigenvalue weighted by Gasteiger charge is -2.25. The number of anilines is 1. The zero-order valence-corrected chi connectivity index (χ0v) is 23.4. The van der Waals surface area contributed by atoms with Gasteiger partial charge in [0.05, 0.1) is 5.69 Å². The molecule has 34 heavy (non-hydrogen) atoms. The summed E-state index contributed by atoms with van der Waals surface area (Å²) in [5, 5.41) is 7.00. The number of carbonyl (C=O) groups is 2. The molecule has 1 N–H and O–H groups in total. The van der Waals surface area contributed by atoms with Gasteiger partial charge < -0.3 is 5.11 Å². The van der Waals surface area contributed by atoms with Crippen molar-refractivity contribution in [1.82, 2.24) is 0 Å². The van der Waals surface area contributed by atoms with E-state index in [1.807, 2.05) is 0 Å². The summed E-state index contributed by atoms with van der Waals surface area (Å²) in [7, 11) is 1.00. The first-order valence-electron chi connectivity index (χ1n) is 13.6. The van der Waals surface area contributed by atoms with Crippen LogP contribution in [-0.2, 0) is 9.59 Å². The van der Waals surface area contributed by atoms with Crippen LogP contribution in [0.1, 0.15) is 119 Å². The number of aliphatic hydroxyl groups is 1. The van der Waals surface area contributed by atoms with Gasteiger partial charge in [0.2, 0.25) is 11.8 Å². The number of unbranched alkanes of at least 4 members (excludes halogenated alkanes) is 6. The van der Waals surface area contributed by atoms with Crippen molar-refractivity contribution in [3.05, 3.63) is 27.8 Å². The molecule has 1 aliphatic rings. The molecule has 1 heterocycles. The van der Waals surface area contributed by atoms with Crippen LogP contribution in [0.4, 0.5) is 5.69 Å². The summed E-state index contributed by atoms with van der Waals surface area (Å²) in [6.45, 7) is 14.9. The molecule has 4 heteroatoms. The van der Waals surface area contributed by atoms with Gasteiger partial charge in [0, 0.05) is 19.4 Å². The minimum absolute atomic E-state index is 0.0139. The van der Waals surface area contributed by atoms with Crippen LogP contribution in [-0.4, -0.2) is 24.0 Å². The van der Waals surface area contributed by atoms with Gasteiger partial charge in [-0.2, -0.15) is 0 Å². The van der Waals surface area contributed by atoms with Crippen LogP contribution < -0.4 is 4.90 Å². The van der Waals surface area contributed by atoms with E-state index in [9.17, 15) is 9.59 Å². The van der Waals surface area contributed by atoms with Gasteiger partial charge in [-0.15, -0.1) is 0 Å². The number of amides is 2.